The van der Waals surface area contributed by atoms with E-state index in [-0.39, 0.29) is 5.78 Å². The summed E-state index contributed by atoms with van der Waals surface area (Å²) in [5, 5.41) is 4.03. The molecule has 2 aromatic rings. The molecule has 1 aromatic heterocycles. The van der Waals surface area contributed by atoms with Gasteiger partial charge in [-0.15, -0.1) is 0 Å². The van der Waals surface area contributed by atoms with Crippen LogP contribution in [-0.2, 0) is 6.42 Å². The van der Waals surface area contributed by atoms with Crippen LogP contribution in [0.2, 0.25) is 0 Å². The van der Waals surface area contributed by atoms with E-state index < -0.39 is 0 Å². The lowest BCUT2D eigenvalue weighted by Crippen LogP contribution is -2.02. The third-order valence-electron chi connectivity index (χ3n) is 2.92. The van der Waals surface area contributed by atoms with E-state index in [0.29, 0.717) is 6.42 Å². The minimum atomic E-state index is 0.136. The highest BCUT2D eigenvalue weighted by Gasteiger charge is 2.12. The lowest BCUT2D eigenvalue weighted by Gasteiger charge is -2.02. The molecular weight excluding hydrogens is 256 g/mol. The average molecular weight is 274 g/mol. The molecule has 19 heavy (non-hydrogen) atoms. The first-order valence-corrected chi connectivity index (χ1v) is 7.29. The summed E-state index contributed by atoms with van der Waals surface area (Å²) in [6.45, 7) is 5.02. The highest BCUT2D eigenvalue weighted by Crippen LogP contribution is 2.20. The van der Waals surface area contributed by atoms with Gasteiger partial charge in [-0.1, -0.05) is 42.5 Å². The molecule has 100 valence electrons. The number of benzene rings is 1. The minimum absolute atomic E-state index is 0.136. The Labute approximate surface area is 117 Å². The van der Waals surface area contributed by atoms with E-state index in [4.69, 9.17) is 0 Å². The third-order valence-corrected chi connectivity index (χ3v) is 3.92. The summed E-state index contributed by atoms with van der Waals surface area (Å²) in [4.78, 5) is 17.1. The molecule has 0 radical (unpaired) electrons. The summed E-state index contributed by atoms with van der Waals surface area (Å²) in [7, 11) is 0. The summed E-state index contributed by atoms with van der Waals surface area (Å²) in [5.74, 6) is 0.136. The highest BCUT2D eigenvalue weighted by molar-refractivity contribution is 7.17. The number of nitrogens with zero attached hydrogens (tertiary/aromatic N) is 1. The topological polar surface area (TPSA) is 42.0 Å². The molecule has 0 saturated heterocycles. The molecule has 0 aliphatic carbocycles. The second-order valence-corrected chi connectivity index (χ2v) is 5.51. The number of rotatable bonds is 6. The van der Waals surface area contributed by atoms with Crippen molar-refractivity contribution in [1.29, 1.82) is 0 Å². The number of aryl methyl sites for hydroxylation is 1. The second-order valence-electron chi connectivity index (χ2n) is 4.48. The lowest BCUT2D eigenvalue weighted by atomic mass is 10.0. The maximum absolute atomic E-state index is 12.2. The Balaban J connectivity index is 2.04. The summed E-state index contributed by atoms with van der Waals surface area (Å²) in [6.07, 6.45) is 3.16. The maximum Gasteiger partial charge on any atom is 0.183 e. The number of ketones is 1. The number of aromatic nitrogens is 1. The van der Waals surface area contributed by atoms with Gasteiger partial charge in [-0.05, 0) is 24.5 Å². The van der Waals surface area contributed by atoms with E-state index in [1.165, 1.54) is 11.3 Å². The first-order valence-electron chi connectivity index (χ1n) is 6.48. The van der Waals surface area contributed by atoms with Gasteiger partial charge in [-0.2, -0.15) is 0 Å². The summed E-state index contributed by atoms with van der Waals surface area (Å²) < 4.78 is 0. The van der Waals surface area contributed by atoms with Gasteiger partial charge in [0.15, 0.2) is 10.9 Å². The number of Topliss-reactive ketones (excluding diaryl/α,β-unsaturated/α-hetero) is 1. The van der Waals surface area contributed by atoms with Gasteiger partial charge in [-0.25, -0.2) is 4.98 Å². The normalized spacial score (nSPS) is 10.4. The zero-order valence-corrected chi connectivity index (χ0v) is 12.1. The second kappa shape index (κ2) is 6.48. The number of nitrogens with one attached hydrogen (secondary N) is 1. The molecular formula is C15H18N2OS. The van der Waals surface area contributed by atoms with Crippen molar-refractivity contribution in [2.24, 2.45) is 0 Å². The Morgan fingerprint density at radius 2 is 2.16 bits per heavy atom. The van der Waals surface area contributed by atoms with Crippen molar-refractivity contribution in [3.63, 3.8) is 0 Å². The summed E-state index contributed by atoms with van der Waals surface area (Å²) >= 11 is 1.43. The summed E-state index contributed by atoms with van der Waals surface area (Å²) in [5.41, 5.74) is 2.24. The van der Waals surface area contributed by atoms with E-state index in [2.05, 4.69) is 17.2 Å². The molecule has 0 saturated carbocycles. The molecule has 2 rings (SSSR count). The molecule has 0 atom stereocenters. The van der Waals surface area contributed by atoms with Crippen molar-refractivity contribution in [1.82, 2.24) is 4.98 Å². The first-order chi connectivity index (χ1) is 9.20. The molecule has 0 aliphatic heterocycles. The number of hydrogen-bond acceptors (Lipinski definition) is 4. The van der Waals surface area contributed by atoms with Crippen LogP contribution in [0.1, 0.15) is 34.1 Å². The van der Waals surface area contributed by atoms with Crippen molar-refractivity contribution < 1.29 is 4.79 Å². The Bertz CT molecular complexity index is 563. The van der Waals surface area contributed by atoms with Gasteiger partial charge >= 0.3 is 0 Å². The molecule has 0 spiro atoms. The van der Waals surface area contributed by atoms with E-state index in [0.717, 1.165) is 34.1 Å². The van der Waals surface area contributed by atoms with Gasteiger partial charge in [0.1, 0.15) is 0 Å². The predicted octanol–water partition coefficient (Wildman–Crippen LogP) is 3.70. The molecule has 1 aromatic carbocycles. The van der Waals surface area contributed by atoms with Crippen LogP contribution in [0.5, 0.6) is 0 Å². The average Bonchev–Trinajstić information content (AvgIpc) is 2.88. The molecule has 0 unspecified atom stereocenters. The van der Waals surface area contributed by atoms with Gasteiger partial charge in [0.05, 0.1) is 11.1 Å². The van der Waals surface area contributed by atoms with Crippen molar-refractivity contribution in [2.45, 2.75) is 26.7 Å². The van der Waals surface area contributed by atoms with Crippen LogP contribution in [0.15, 0.2) is 30.5 Å². The Morgan fingerprint density at radius 3 is 2.89 bits per heavy atom. The fourth-order valence-corrected chi connectivity index (χ4v) is 2.56. The van der Waals surface area contributed by atoms with Crippen LogP contribution in [0.3, 0.4) is 0 Å². The largest absolute Gasteiger partial charge is 0.362 e. The van der Waals surface area contributed by atoms with Crippen LogP contribution in [-0.4, -0.2) is 17.3 Å². The molecule has 0 aliphatic rings. The van der Waals surface area contributed by atoms with Crippen molar-refractivity contribution in [2.75, 3.05) is 11.9 Å². The number of thiazole rings is 1. The number of anilines is 1. The van der Waals surface area contributed by atoms with Crippen LogP contribution in [0.4, 0.5) is 5.13 Å². The molecule has 0 amide bonds. The zero-order chi connectivity index (χ0) is 13.7. The van der Waals surface area contributed by atoms with Gasteiger partial charge in [0.2, 0.25) is 0 Å². The molecule has 4 heteroatoms. The van der Waals surface area contributed by atoms with E-state index in [1.54, 1.807) is 6.20 Å². The summed E-state index contributed by atoms with van der Waals surface area (Å²) in [6, 6.07) is 7.99. The first kappa shape index (κ1) is 13.7. The van der Waals surface area contributed by atoms with Gasteiger partial charge in [0, 0.05) is 13.0 Å². The molecule has 1 N–H and O–H groups in total. The van der Waals surface area contributed by atoms with Crippen LogP contribution < -0.4 is 5.32 Å². The molecule has 3 nitrogen and oxygen atoms in total. The van der Waals surface area contributed by atoms with E-state index in [9.17, 15) is 4.79 Å². The number of hydrogen-bond donors (Lipinski definition) is 1. The van der Waals surface area contributed by atoms with Gasteiger partial charge in [0.25, 0.3) is 0 Å². The lowest BCUT2D eigenvalue weighted by molar-refractivity contribution is 0.0996. The highest BCUT2D eigenvalue weighted by atomic mass is 32.1. The predicted molar refractivity (Wildman–Crippen MR) is 80.1 cm³/mol. The monoisotopic (exact) mass is 274 g/mol. The molecule has 1 heterocycles. The van der Waals surface area contributed by atoms with E-state index >= 15 is 0 Å². The zero-order valence-electron chi connectivity index (χ0n) is 11.3. The quantitative estimate of drug-likeness (QED) is 0.817. The molecule has 0 bridgehead atoms. The van der Waals surface area contributed by atoms with Crippen LogP contribution in [0, 0.1) is 6.92 Å². The van der Waals surface area contributed by atoms with Crippen molar-refractivity contribution in [3.8, 4) is 0 Å². The van der Waals surface area contributed by atoms with Gasteiger partial charge < -0.3 is 5.32 Å². The minimum Gasteiger partial charge on any atom is -0.362 e. The Morgan fingerprint density at radius 1 is 1.37 bits per heavy atom. The van der Waals surface area contributed by atoms with E-state index in [1.807, 2.05) is 31.2 Å². The van der Waals surface area contributed by atoms with Gasteiger partial charge in [-0.3, -0.25) is 4.79 Å². The number of carbonyl (C=O) groups is 1. The number of carbonyl (C=O) groups excluding carboxylic acids is 1. The van der Waals surface area contributed by atoms with Crippen molar-refractivity contribution >= 4 is 22.3 Å². The van der Waals surface area contributed by atoms with Crippen LogP contribution in [0.25, 0.3) is 0 Å². The third kappa shape index (κ3) is 3.64. The fourth-order valence-electron chi connectivity index (χ4n) is 1.79. The standard InChI is InChI=1S/C15H18N2OS/c1-3-8-16-15-17-10-14(19-15)13(18)9-12-7-5-4-6-11(12)2/h4-7,10H,3,8-9H2,1-2H3,(H,16,17). The van der Waals surface area contributed by atoms with Crippen LogP contribution >= 0.6 is 11.3 Å². The maximum atomic E-state index is 12.2. The Kier molecular flexibility index (Phi) is 4.68. The SMILES string of the molecule is CCCNc1ncc(C(=O)Cc2ccccc2C)s1. The van der Waals surface area contributed by atoms with Crippen molar-refractivity contribution in [3.05, 3.63) is 46.5 Å². The Hall–Kier alpha value is -1.68. The fraction of sp³-hybridized carbons (Fsp3) is 0.333. The molecule has 0 fully saturated rings. The smallest absolute Gasteiger partial charge is 0.183 e.